The Balaban J connectivity index is 4.22. The predicted octanol–water partition coefficient (Wildman–Crippen LogP) is 3.95. The molecule has 0 aromatic heterocycles. The van der Waals surface area contributed by atoms with E-state index >= 15 is 0 Å². The van der Waals surface area contributed by atoms with E-state index in [1.54, 1.807) is 0 Å². The molecule has 0 aromatic rings. The summed E-state index contributed by atoms with van der Waals surface area (Å²) in [4.78, 5) is 0. The molecule has 11 heavy (non-hydrogen) atoms. The molecule has 0 aromatic carbocycles. The van der Waals surface area contributed by atoms with E-state index in [4.69, 9.17) is 0 Å². The van der Waals surface area contributed by atoms with E-state index in [2.05, 4.69) is 60.2 Å². The first-order chi connectivity index (χ1) is 4.67. The summed E-state index contributed by atoms with van der Waals surface area (Å²) in [7, 11) is 0. The van der Waals surface area contributed by atoms with Crippen LogP contribution in [0.15, 0.2) is 0 Å². The second-order valence-corrected chi connectivity index (χ2v) is 7.13. The molecule has 0 aliphatic carbocycles. The van der Waals surface area contributed by atoms with Crippen LogP contribution in [0.5, 0.6) is 0 Å². The number of rotatable bonds is 2. The van der Waals surface area contributed by atoms with E-state index in [-0.39, 0.29) is 0 Å². The van der Waals surface area contributed by atoms with Crippen LogP contribution in [0.2, 0.25) is 0 Å². The van der Waals surface area contributed by atoms with Crippen molar-refractivity contribution < 1.29 is 0 Å². The number of hydrogen-bond donors (Lipinski definition) is 0. The van der Waals surface area contributed by atoms with Gasteiger partial charge in [-0.3, -0.25) is 0 Å². The molecule has 0 heterocycles. The second kappa shape index (κ2) is 3.38. The highest BCUT2D eigenvalue weighted by molar-refractivity contribution is 8.01. The number of hydrogen-bond acceptors (Lipinski definition) is 1. The third-order valence-electron chi connectivity index (χ3n) is 2.34. The van der Waals surface area contributed by atoms with Crippen LogP contribution >= 0.6 is 11.8 Å². The Kier molecular flexibility index (Phi) is 3.49. The molecular weight excluding hydrogens is 152 g/mol. The van der Waals surface area contributed by atoms with Crippen molar-refractivity contribution in [3.8, 4) is 0 Å². The van der Waals surface area contributed by atoms with E-state index < -0.39 is 0 Å². The van der Waals surface area contributed by atoms with Gasteiger partial charge in [0.05, 0.1) is 0 Å². The van der Waals surface area contributed by atoms with Gasteiger partial charge >= 0.3 is 0 Å². The lowest BCUT2D eigenvalue weighted by Gasteiger charge is -2.39. The minimum Gasteiger partial charge on any atom is -0.152 e. The molecule has 0 saturated carbocycles. The summed E-state index contributed by atoms with van der Waals surface area (Å²) in [5.41, 5.74) is 0.391. The van der Waals surface area contributed by atoms with Crippen molar-refractivity contribution in [1.29, 1.82) is 0 Å². The first-order valence-corrected chi connectivity index (χ1v) is 5.22. The summed E-state index contributed by atoms with van der Waals surface area (Å²) < 4.78 is 0.376. The van der Waals surface area contributed by atoms with E-state index in [0.717, 1.165) is 5.25 Å². The molecule has 0 rings (SSSR count). The van der Waals surface area contributed by atoms with E-state index in [1.165, 1.54) is 0 Å². The van der Waals surface area contributed by atoms with Crippen LogP contribution < -0.4 is 0 Å². The fraction of sp³-hybridized carbons (Fsp3) is 1.00. The van der Waals surface area contributed by atoms with Crippen LogP contribution in [0.1, 0.15) is 48.5 Å². The van der Waals surface area contributed by atoms with Gasteiger partial charge in [-0.15, -0.1) is 0 Å². The molecule has 0 spiro atoms. The fourth-order valence-electron chi connectivity index (χ4n) is 0.766. The van der Waals surface area contributed by atoms with Crippen molar-refractivity contribution in [1.82, 2.24) is 0 Å². The van der Waals surface area contributed by atoms with Gasteiger partial charge in [-0.1, -0.05) is 48.5 Å². The van der Waals surface area contributed by atoms with Gasteiger partial charge < -0.3 is 0 Å². The molecule has 0 saturated heterocycles. The second-order valence-electron chi connectivity index (χ2n) is 4.93. The maximum Gasteiger partial charge on any atom is 0.0154 e. The highest BCUT2D eigenvalue weighted by Crippen LogP contribution is 2.42. The van der Waals surface area contributed by atoms with E-state index in [9.17, 15) is 0 Å². The highest BCUT2D eigenvalue weighted by Gasteiger charge is 2.33. The molecule has 68 valence electrons. The lowest BCUT2D eigenvalue weighted by atomic mass is 9.83. The maximum absolute atomic E-state index is 2.33. The summed E-state index contributed by atoms with van der Waals surface area (Å²) in [5, 5.41) is 0.726. The van der Waals surface area contributed by atoms with Crippen LogP contribution in [0.25, 0.3) is 0 Å². The predicted molar refractivity (Wildman–Crippen MR) is 56.3 cm³/mol. The molecule has 0 aliphatic rings. The van der Waals surface area contributed by atoms with Gasteiger partial charge in [0, 0.05) is 4.75 Å². The minimum absolute atomic E-state index is 0.376. The summed E-state index contributed by atoms with van der Waals surface area (Å²) >= 11 is 2.06. The molecule has 0 amide bonds. The molecule has 0 atom stereocenters. The Hall–Kier alpha value is 0.350. The third kappa shape index (κ3) is 3.50. The summed E-state index contributed by atoms with van der Waals surface area (Å²) in [5.74, 6) is 0. The van der Waals surface area contributed by atoms with Gasteiger partial charge in [-0.05, 0) is 10.7 Å². The third-order valence-corrected chi connectivity index (χ3v) is 4.01. The van der Waals surface area contributed by atoms with Crippen LogP contribution in [0.4, 0.5) is 0 Å². The Labute approximate surface area is 76.1 Å². The van der Waals surface area contributed by atoms with Gasteiger partial charge in [0.25, 0.3) is 0 Å². The largest absolute Gasteiger partial charge is 0.152 e. The Morgan fingerprint density at radius 3 is 1.36 bits per heavy atom. The van der Waals surface area contributed by atoms with Gasteiger partial charge in [0.2, 0.25) is 0 Å². The standard InChI is InChI=1S/C10H22S/c1-8(2)11-10(6,7)9(3,4)5/h8H,1-7H3. The average Bonchev–Trinajstić information content (AvgIpc) is 1.56. The molecule has 0 unspecified atom stereocenters. The summed E-state index contributed by atoms with van der Waals surface area (Å²) in [6.07, 6.45) is 0. The fourth-order valence-corrected chi connectivity index (χ4v) is 2.30. The summed E-state index contributed by atoms with van der Waals surface area (Å²) in [6.45, 7) is 16.1. The first-order valence-electron chi connectivity index (χ1n) is 4.34. The zero-order valence-electron chi connectivity index (χ0n) is 8.99. The summed E-state index contributed by atoms with van der Waals surface area (Å²) in [6, 6.07) is 0. The minimum atomic E-state index is 0.376. The Morgan fingerprint density at radius 1 is 0.909 bits per heavy atom. The smallest absolute Gasteiger partial charge is 0.0154 e. The quantitative estimate of drug-likeness (QED) is 0.611. The molecule has 1 heteroatoms. The lowest BCUT2D eigenvalue weighted by Crippen LogP contribution is -2.34. The van der Waals surface area contributed by atoms with E-state index in [1.807, 2.05) is 0 Å². The average molecular weight is 174 g/mol. The lowest BCUT2D eigenvalue weighted by molar-refractivity contribution is 0.319. The van der Waals surface area contributed by atoms with Gasteiger partial charge in [0.15, 0.2) is 0 Å². The van der Waals surface area contributed by atoms with Crippen molar-refractivity contribution >= 4 is 11.8 Å². The SMILES string of the molecule is CC(C)SC(C)(C)C(C)(C)C. The van der Waals surface area contributed by atoms with Crippen LogP contribution in [-0.4, -0.2) is 10.00 Å². The monoisotopic (exact) mass is 174 g/mol. The molecule has 0 aliphatic heterocycles. The maximum atomic E-state index is 2.33. The molecule has 0 N–H and O–H groups in total. The Bertz CT molecular complexity index is 117. The molecule has 0 nitrogen and oxygen atoms in total. The van der Waals surface area contributed by atoms with Crippen molar-refractivity contribution in [2.45, 2.75) is 58.5 Å². The molecule has 0 radical (unpaired) electrons. The zero-order valence-corrected chi connectivity index (χ0v) is 9.80. The topological polar surface area (TPSA) is 0 Å². The zero-order chi connectivity index (χ0) is 9.28. The van der Waals surface area contributed by atoms with Gasteiger partial charge in [0.1, 0.15) is 0 Å². The van der Waals surface area contributed by atoms with Crippen LogP contribution in [-0.2, 0) is 0 Å². The van der Waals surface area contributed by atoms with E-state index in [0.29, 0.717) is 10.2 Å². The van der Waals surface area contributed by atoms with Gasteiger partial charge in [-0.25, -0.2) is 0 Å². The Morgan fingerprint density at radius 2 is 1.27 bits per heavy atom. The van der Waals surface area contributed by atoms with Crippen molar-refractivity contribution in [2.75, 3.05) is 0 Å². The van der Waals surface area contributed by atoms with Crippen molar-refractivity contribution in [3.63, 3.8) is 0 Å². The first kappa shape index (κ1) is 11.4. The number of thioether (sulfide) groups is 1. The van der Waals surface area contributed by atoms with Gasteiger partial charge in [-0.2, -0.15) is 11.8 Å². The van der Waals surface area contributed by atoms with Crippen molar-refractivity contribution in [3.05, 3.63) is 0 Å². The van der Waals surface area contributed by atoms with Crippen LogP contribution in [0, 0.1) is 5.41 Å². The highest BCUT2D eigenvalue weighted by atomic mass is 32.2. The normalized spacial score (nSPS) is 14.2. The van der Waals surface area contributed by atoms with Crippen molar-refractivity contribution in [2.24, 2.45) is 5.41 Å². The van der Waals surface area contributed by atoms with Crippen LogP contribution in [0.3, 0.4) is 0 Å². The molecule has 0 bridgehead atoms. The molecular formula is C10H22S. The molecule has 0 fully saturated rings.